The molecule has 0 unspecified atom stereocenters. The maximum Gasteiger partial charge on any atom is 0.139 e. The second kappa shape index (κ2) is 7.32. The summed E-state index contributed by atoms with van der Waals surface area (Å²) in [5.41, 5.74) is 15.0. The zero-order valence-corrected chi connectivity index (χ0v) is 13.2. The van der Waals surface area contributed by atoms with Crippen LogP contribution in [-0.2, 0) is 0 Å². The standard InChI is InChI=1S/C9H11N3.C9H9N3/c2*10-8-4-2-1-3-7(8)9-11-5-6-12-9/h1-4H,5-6,10H2,(H,11,12);1-6H,10H2,(H,11,12). The van der Waals surface area contributed by atoms with E-state index in [0.29, 0.717) is 0 Å². The SMILES string of the molecule is Nc1ccccc1-c1ncc[nH]1.Nc1ccccc1C1=NCCN1. The summed E-state index contributed by atoms with van der Waals surface area (Å²) in [4.78, 5) is 11.4. The van der Waals surface area contributed by atoms with Gasteiger partial charge in [0.15, 0.2) is 0 Å². The molecule has 6 N–H and O–H groups in total. The van der Waals surface area contributed by atoms with Crippen molar-refractivity contribution in [2.24, 2.45) is 4.99 Å². The molecule has 0 radical (unpaired) electrons. The van der Waals surface area contributed by atoms with Crippen molar-refractivity contribution in [1.29, 1.82) is 0 Å². The van der Waals surface area contributed by atoms with Gasteiger partial charge in [-0.05, 0) is 24.3 Å². The van der Waals surface area contributed by atoms with Crippen molar-refractivity contribution >= 4 is 17.2 Å². The minimum Gasteiger partial charge on any atom is -0.398 e. The van der Waals surface area contributed by atoms with Gasteiger partial charge in [0.05, 0.1) is 6.54 Å². The number of aromatic nitrogens is 2. The third-order valence-corrected chi connectivity index (χ3v) is 3.60. The van der Waals surface area contributed by atoms with E-state index in [-0.39, 0.29) is 0 Å². The van der Waals surface area contributed by atoms with Crippen molar-refractivity contribution in [3.05, 3.63) is 66.5 Å². The molecule has 0 spiro atoms. The zero-order chi connectivity index (χ0) is 16.8. The van der Waals surface area contributed by atoms with Gasteiger partial charge in [0, 0.05) is 41.4 Å². The first-order valence-corrected chi connectivity index (χ1v) is 7.73. The summed E-state index contributed by atoms with van der Waals surface area (Å²) < 4.78 is 0. The van der Waals surface area contributed by atoms with Gasteiger partial charge in [-0.25, -0.2) is 4.98 Å². The van der Waals surface area contributed by atoms with Crippen LogP contribution in [0.25, 0.3) is 11.4 Å². The molecule has 0 bridgehead atoms. The minimum atomic E-state index is 0.743. The maximum absolute atomic E-state index is 5.78. The van der Waals surface area contributed by atoms with Crippen molar-refractivity contribution in [2.75, 3.05) is 24.6 Å². The van der Waals surface area contributed by atoms with Crippen LogP contribution in [0, 0.1) is 0 Å². The Bertz CT molecular complexity index is 823. The van der Waals surface area contributed by atoms with Crippen LogP contribution in [0.5, 0.6) is 0 Å². The van der Waals surface area contributed by atoms with Crippen molar-refractivity contribution < 1.29 is 0 Å². The van der Waals surface area contributed by atoms with Crippen molar-refractivity contribution in [1.82, 2.24) is 15.3 Å². The molecule has 2 heterocycles. The van der Waals surface area contributed by atoms with E-state index in [9.17, 15) is 0 Å². The maximum atomic E-state index is 5.78. The van der Waals surface area contributed by atoms with Crippen LogP contribution in [0.3, 0.4) is 0 Å². The average molecular weight is 320 g/mol. The molecule has 122 valence electrons. The quantitative estimate of drug-likeness (QED) is 0.544. The van der Waals surface area contributed by atoms with E-state index in [1.807, 2.05) is 48.5 Å². The summed E-state index contributed by atoms with van der Waals surface area (Å²) in [6.07, 6.45) is 3.49. The second-order valence-corrected chi connectivity index (χ2v) is 5.27. The number of para-hydroxylation sites is 2. The van der Waals surface area contributed by atoms with Gasteiger partial charge in [0.2, 0.25) is 0 Å². The number of anilines is 2. The number of imidazole rings is 1. The van der Waals surface area contributed by atoms with Crippen LogP contribution < -0.4 is 16.8 Å². The largest absolute Gasteiger partial charge is 0.398 e. The molecule has 3 aromatic rings. The summed E-state index contributed by atoms with van der Waals surface area (Å²) in [5.74, 6) is 1.74. The van der Waals surface area contributed by atoms with Crippen LogP contribution in [0.2, 0.25) is 0 Å². The van der Waals surface area contributed by atoms with Gasteiger partial charge in [0.1, 0.15) is 11.7 Å². The van der Waals surface area contributed by atoms with Crippen LogP contribution in [0.1, 0.15) is 5.56 Å². The van der Waals surface area contributed by atoms with E-state index in [1.165, 1.54) is 0 Å². The Morgan fingerprint density at radius 1 is 0.875 bits per heavy atom. The van der Waals surface area contributed by atoms with E-state index in [1.54, 1.807) is 12.4 Å². The number of rotatable bonds is 2. The fourth-order valence-electron chi connectivity index (χ4n) is 2.42. The molecule has 1 aliphatic rings. The number of H-pyrrole nitrogens is 1. The number of aromatic amines is 1. The normalized spacial score (nSPS) is 12.8. The summed E-state index contributed by atoms with van der Waals surface area (Å²) >= 11 is 0. The van der Waals surface area contributed by atoms with E-state index < -0.39 is 0 Å². The Hall–Kier alpha value is -3.28. The molecule has 6 heteroatoms. The number of aliphatic imine (C=N–C) groups is 1. The molecule has 4 rings (SSSR count). The summed E-state index contributed by atoms with van der Waals surface area (Å²) in [6.45, 7) is 1.77. The molecular formula is C18H20N6. The molecule has 0 saturated carbocycles. The molecule has 0 atom stereocenters. The van der Waals surface area contributed by atoms with Crippen LogP contribution in [0.15, 0.2) is 65.9 Å². The van der Waals surface area contributed by atoms with Crippen LogP contribution in [0.4, 0.5) is 11.4 Å². The average Bonchev–Trinajstić information content (AvgIpc) is 3.30. The molecule has 6 nitrogen and oxygen atoms in total. The lowest BCUT2D eigenvalue weighted by molar-refractivity contribution is 0.960. The summed E-state index contributed by atoms with van der Waals surface area (Å²) in [5, 5.41) is 3.18. The third-order valence-electron chi connectivity index (χ3n) is 3.60. The number of nitrogen functional groups attached to an aromatic ring is 2. The summed E-state index contributed by atoms with van der Waals surface area (Å²) in [6, 6.07) is 15.4. The predicted octanol–water partition coefficient (Wildman–Crippen LogP) is 2.28. The molecule has 2 aromatic carbocycles. The summed E-state index contributed by atoms with van der Waals surface area (Å²) in [7, 11) is 0. The first-order chi connectivity index (χ1) is 11.8. The number of hydrogen-bond donors (Lipinski definition) is 4. The second-order valence-electron chi connectivity index (χ2n) is 5.27. The zero-order valence-electron chi connectivity index (χ0n) is 13.2. The predicted molar refractivity (Wildman–Crippen MR) is 98.7 cm³/mol. The highest BCUT2D eigenvalue weighted by atomic mass is 15.1. The van der Waals surface area contributed by atoms with Gasteiger partial charge >= 0.3 is 0 Å². The number of nitrogens with one attached hydrogen (secondary N) is 2. The Balaban J connectivity index is 0.000000141. The van der Waals surface area contributed by atoms with E-state index in [2.05, 4.69) is 20.3 Å². The first kappa shape index (κ1) is 15.6. The van der Waals surface area contributed by atoms with E-state index in [4.69, 9.17) is 11.5 Å². The number of hydrogen-bond acceptors (Lipinski definition) is 5. The third kappa shape index (κ3) is 3.55. The molecular weight excluding hydrogens is 300 g/mol. The van der Waals surface area contributed by atoms with Gasteiger partial charge in [-0.1, -0.05) is 24.3 Å². The van der Waals surface area contributed by atoms with Crippen LogP contribution in [-0.4, -0.2) is 28.9 Å². The van der Waals surface area contributed by atoms with Gasteiger partial charge in [-0.3, -0.25) is 4.99 Å². The van der Waals surface area contributed by atoms with Gasteiger partial charge in [-0.2, -0.15) is 0 Å². The lowest BCUT2D eigenvalue weighted by atomic mass is 10.1. The highest BCUT2D eigenvalue weighted by Gasteiger charge is 2.09. The van der Waals surface area contributed by atoms with Gasteiger partial charge in [-0.15, -0.1) is 0 Å². The fraction of sp³-hybridized carbons (Fsp3) is 0.111. The van der Waals surface area contributed by atoms with E-state index >= 15 is 0 Å². The smallest absolute Gasteiger partial charge is 0.139 e. The molecule has 0 saturated heterocycles. The van der Waals surface area contributed by atoms with Crippen molar-refractivity contribution in [3.63, 3.8) is 0 Å². The molecule has 0 aliphatic carbocycles. The number of nitrogens with two attached hydrogens (primary N) is 2. The number of nitrogens with zero attached hydrogens (tertiary/aromatic N) is 2. The molecule has 1 aromatic heterocycles. The molecule has 1 aliphatic heterocycles. The lowest BCUT2D eigenvalue weighted by Gasteiger charge is -2.04. The van der Waals surface area contributed by atoms with Crippen molar-refractivity contribution in [3.8, 4) is 11.4 Å². The van der Waals surface area contributed by atoms with Gasteiger partial charge in [0.25, 0.3) is 0 Å². The number of amidine groups is 1. The van der Waals surface area contributed by atoms with Crippen LogP contribution >= 0.6 is 0 Å². The topological polar surface area (TPSA) is 105 Å². The Kier molecular flexibility index (Phi) is 4.76. The lowest BCUT2D eigenvalue weighted by Crippen LogP contribution is -2.20. The monoisotopic (exact) mass is 320 g/mol. The minimum absolute atomic E-state index is 0.743. The highest BCUT2D eigenvalue weighted by molar-refractivity contribution is 6.03. The Labute approximate surface area is 140 Å². The fourth-order valence-corrected chi connectivity index (χ4v) is 2.42. The molecule has 0 amide bonds. The molecule has 0 fully saturated rings. The number of benzene rings is 2. The van der Waals surface area contributed by atoms with E-state index in [0.717, 1.165) is 47.3 Å². The van der Waals surface area contributed by atoms with Gasteiger partial charge < -0.3 is 21.8 Å². The Morgan fingerprint density at radius 2 is 1.54 bits per heavy atom. The van der Waals surface area contributed by atoms with Crippen molar-refractivity contribution in [2.45, 2.75) is 0 Å². The highest BCUT2D eigenvalue weighted by Crippen LogP contribution is 2.20. The first-order valence-electron chi connectivity index (χ1n) is 7.73. The Morgan fingerprint density at radius 3 is 2.08 bits per heavy atom. The molecule has 24 heavy (non-hydrogen) atoms.